The van der Waals surface area contributed by atoms with Crippen LogP contribution in [0.2, 0.25) is 0 Å². The number of nitrogens with zero attached hydrogens (tertiary/aromatic N) is 3. The fourth-order valence-electron chi connectivity index (χ4n) is 4.00. The van der Waals surface area contributed by atoms with E-state index in [0.717, 1.165) is 5.56 Å². The molecular weight excluding hydrogens is 376 g/mol. The summed E-state index contributed by atoms with van der Waals surface area (Å²) in [6.45, 7) is 0.469. The van der Waals surface area contributed by atoms with Crippen molar-refractivity contribution in [3.63, 3.8) is 0 Å². The number of hydrazine groups is 1. The van der Waals surface area contributed by atoms with Crippen LogP contribution in [0.1, 0.15) is 29.8 Å². The second-order valence-electron chi connectivity index (χ2n) is 6.93. The molecule has 2 heterocycles. The molecule has 29 heavy (non-hydrogen) atoms. The van der Waals surface area contributed by atoms with E-state index in [4.69, 9.17) is 4.74 Å². The molecule has 0 aromatic heterocycles. The summed E-state index contributed by atoms with van der Waals surface area (Å²) in [4.78, 5) is 35.8. The van der Waals surface area contributed by atoms with Gasteiger partial charge in [-0.3, -0.25) is 30.0 Å². The first-order valence-electron chi connectivity index (χ1n) is 9.23. The Morgan fingerprint density at radius 3 is 2.45 bits per heavy atom. The number of methoxy groups -OCH3 is 1. The number of hydrogen-bond acceptors (Lipinski definition) is 7. The van der Waals surface area contributed by atoms with Crippen molar-refractivity contribution >= 4 is 17.6 Å². The minimum atomic E-state index is -0.718. The number of fused-ring (bicyclic) bond motifs is 1. The number of rotatable bonds is 4. The van der Waals surface area contributed by atoms with Crippen molar-refractivity contribution in [1.82, 2.24) is 15.3 Å². The molecule has 2 fully saturated rings. The van der Waals surface area contributed by atoms with E-state index >= 15 is 0 Å². The minimum Gasteiger partial charge on any atom is -0.468 e. The van der Waals surface area contributed by atoms with Crippen molar-refractivity contribution < 1.29 is 19.2 Å². The van der Waals surface area contributed by atoms with E-state index in [9.17, 15) is 19.7 Å². The van der Waals surface area contributed by atoms with E-state index in [2.05, 4.69) is 5.32 Å². The summed E-state index contributed by atoms with van der Waals surface area (Å²) in [6.07, 6.45) is -0.308. The Hall–Kier alpha value is -3.30. The highest BCUT2D eigenvalue weighted by Crippen LogP contribution is 2.40. The highest BCUT2D eigenvalue weighted by molar-refractivity contribution is 5.81. The van der Waals surface area contributed by atoms with Gasteiger partial charge in [-0.1, -0.05) is 30.3 Å². The smallest absolute Gasteiger partial charge is 0.325 e. The van der Waals surface area contributed by atoms with E-state index in [1.807, 2.05) is 35.3 Å². The molecule has 9 nitrogen and oxygen atoms in total. The molecule has 1 N–H and O–H groups in total. The van der Waals surface area contributed by atoms with E-state index in [1.165, 1.54) is 19.2 Å². The fraction of sp³-hybridized carbons (Fsp3) is 0.300. The van der Waals surface area contributed by atoms with Crippen molar-refractivity contribution in [3.8, 4) is 0 Å². The van der Waals surface area contributed by atoms with Gasteiger partial charge in [0.1, 0.15) is 12.2 Å². The number of hydrogen-bond donors (Lipinski definition) is 1. The molecule has 3 atom stereocenters. The van der Waals surface area contributed by atoms with Crippen LogP contribution in [0, 0.1) is 10.1 Å². The number of esters is 1. The van der Waals surface area contributed by atoms with Crippen LogP contribution in [0.15, 0.2) is 54.6 Å². The third kappa shape index (κ3) is 3.34. The van der Waals surface area contributed by atoms with Crippen LogP contribution in [-0.4, -0.2) is 46.5 Å². The number of carbonyl (C=O) groups excluding carboxylic acids is 2. The van der Waals surface area contributed by atoms with Crippen molar-refractivity contribution in [2.75, 3.05) is 13.7 Å². The number of nitro benzene ring substituents is 1. The zero-order chi connectivity index (χ0) is 20.5. The Morgan fingerprint density at radius 1 is 1.14 bits per heavy atom. The summed E-state index contributed by atoms with van der Waals surface area (Å²) in [5.41, 5.74) is 1.49. The van der Waals surface area contributed by atoms with Crippen LogP contribution in [-0.2, 0) is 14.3 Å². The molecule has 0 saturated carbocycles. The normalized spacial score (nSPS) is 24.2. The summed E-state index contributed by atoms with van der Waals surface area (Å²) >= 11 is 0. The predicted octanol–water partition coefficient (Wildman–Crippen LogP) is 1.93. The van der Waals surface area contributed by atoms with Gasteiger partial charge in [0, 0.05) is 25.1 Å². The van der Waals surface area contributed by atoms with Gasteiger partial charge >= 0.3 is 5.97 Å². The number of amides is 1. The first kappa shape index (κ1) is 19.0. The summed E-state index contributed by atoms with van der Waals surface area (Å²) in [7, 11) is 1.33. The number of benzene rings is 2. The number of nitro groups is 1. The van der Waals surface area contributed by atoms with Crippen LogP contribution in [0.25, 0.3) is 0 Å². The highest BCUT2D eigenvalue weighted by atomic mass is 16.6. The second kappa shape index (κ2) is 7.61. The maximum atomic E-state index is 12.7. The Labute approximate surface area is 167 Å². The summed E-state index contributed by atoms with van der Waals surface area (Å²) in [5, 5.41) is 17.7. The summed E-state index contributed by atoms with van der Waals surface area (Å²) < 4.78 is 5.03. The topological polar surface area (TPSA) is 105 Å². The molecule has 2 aliphatic heterocycles. The van der Waals surface area contributed by atoms with Crippen LogP contribution in [0.5, 0.6) is 0 Å². The molecule has 4 rings (SSSR count). The molecule has 1 amide bonds. The molecule has 9 heteroatoms. The van der Waals surface area contributed by atoms with Gasteiger partial charge in [-0.15, -0.1) is 0 Å². The van der Waals surface area contributed by atoms with Gasteiger partial charge in [-0.2, -0.15) is 0 Å². The molecule has 2 saturated heterocycles. The molecule has 2 aliphatic rings. The standard InChI is InChI=1S/C20H20N4O5/c1-29-20(26)17-18(13-5-3-2-4-6-13)22-12-11-16(25)23(22)19(21-17)14-7-9-15(10-8-14)24(27)28/h2-10,17-19,21H,11-12H2,1H3/t17-,18+,19+/m0/s1. The summed E-state index contributed by atoms with van der Waals surface area (Å²) in [6, 6.07) is 14.3. The fourth-order valence-corrected chi connectivity index (χ4v) is 4.00. The lowest BCUT2D eigenvalue weighted by molar-refractivity contribution is -0.384. The number of non-ortho nitro benzene ring substituents is 1. The molecule has 0 spiro atoms. The Kier molecular flexibility index (Phi) is 4.99. The average Bonchev–Trinajstić information content (AvgIpc) is 3.14. The Bertz CT molecular complexity index is 934. The second-order valence-corrected chi connectivity index (χ2v) is 6.93. The van der Waals surface area contributed by atoms with Crippen LogP contribution >= 0.6 is 0 Å². The number of carbonyl (C=O) groups is 2. The quantitative estimate of drug-likeness (QED) is 0.478. The molecule has 0 unspecified atom stereocenters. The largest absolute Gasteiger partial charge is 0.468 e. The third-order valence-electron chi connectivity index (χ3n) is 5.32. The van der Waals surface area contributed by atoms with Gasteiger partial charge < -0.3 is 4.74 Å². The van der Waals surface area contributed by atoms with Crippen molar-refractivity contribution in [1.29, 1.82) is 0 Å². The highest BCUT2D eigenvalue weighted by Gasteiger charge is 2.50. The zero-order valence-corrected chi connectivity index (χ0v) is 15.7. The van der Waals surface area contributed by atoms with Gasteiger partial charge in [0.15, 0.2) is 0 Å². The van der Waals surface area contributed by atoms with Crippen molar-refractivity contribution in [3.05, 3.63) is 75.8 Å². The van der Waals surface area contributed by atoms with E-state index in [0.29, 0.717) is 18.5 Å². The molecule has 2 aromatic rings. The van der Waals surface area contributed by atoms with Gasteiger partial charge in [-0.25, -0.2) is 5.01 Å². The average molecular weight is 396 g/mol. The maximum absolute atomic E-state index is 12.7. The lowest BCUT2D eigenvalue weighted by atomic mass is 9.96. The first-order valence-corrected chi connectivity index (χ1v) is 9.23. The predicted molar refractivity (Wildman–Crippen MR) is 102 cm³/mol. The van der Waals surface area contributed by atoms with Crippen molar-refractivity contribution in [2.24, 2.45) is 0 Å². The summed E-state index contributed by atoms with van der Waals surface area (Å²) in [5.74, 6) is -0.519. The maximum Gasteiger partial charge on any atom is 0.325 e. The lowest BCUT2D eigenvalue weighted by Gasteiger charge is -2.48. The van der Waals surface area contributed by atoms with Crippen LogP contribution in [0.4, 0.5) is 5.69 Å². The zero-order valence-electron chi connectivity index (χ0n) is 15.7. The van der Waals surface area contributed by atoms with E-state index in [-0.39, 0.29) is 11.6 Å². The van der Waals surface area contributed by atoms with Crippen LogP contribution < -0.4 is 5.32 Å². The molecule has 0 bridgehead atoms. The van der Waals surface area contributed by atoms with Crippen LogP contribution in [0.3, 0.4) is 0 Å². The van der Waals surface area contributed by atoms with Gasteiger partial charge in [0.2, 0.25) is 5.91 Å². The van der Waals surface area contributed by atoms with E-state index in [1.54, 1.807) is 17.1 Å². The number of ether oxygens (including phenoxy) is 1. The van der Waals surface area contributed by atoms with Gasteiger partial charge in [-0.05, 0) is 23.3 Å². The first-order chi connectivity index (χ1) is 14.0. The molecule has 2 aromatic carbocycles. The monoisotopic (exact) mass is 396 g/mol. The molecule has 0 radical (unpaired) electrons. The Morgan fingerprint density at radius 2 is 1.83 bits per heavy atom. The third-order valence-corrected chi connectivity index (χ3v) is 5.32. The molecule has 0 aliphatic carbocycles. The SMILES string of the molecule is COC(=O)[C@H]1N[C@@H](c2ccc([N+](=O)[O-])cc2)N2C(=O)CCN2[C@@H]1c1ccccc1. The van der Waals surface area contributed by atoms with Crippen molar-refractivity contribution in [2.45, 2.75) is 24.7 Å². The van der Waals surface area contributed by atoms with Gasteiger partial charge in [0.05, 0.1) is 18.1 Å². The minimum absolute atomic E-state index is 0.0409. The van der Waals surface area contributed by atoms with Gasteiger partial charge in [0.25, 0.3) is 5.69 Å². The number of nitrogens with one attached hydrogen (secondary N) is 1. The Balaban J connectivity index is 1.76. The van der Waals surface area contributed by atoms with E-state index < -0.39 is 29.1 Å². The molecule has 150 valence electrons. The molecular formula is C20H20N4O5. The lowest BCUT2D eigenvalue weighted by Crippen LogP contribution is -2.63.